The van der Waals surface area contributed by atoms with Crippen molar-refractivity contribution in [3.05, 3.63) is 39.9 Å². The van der Waals surface area contributed by atoms with Crippen LogP contribution in [0.25, 0.3) is 0 Å². The van der Waals surface area contributed by atoms with E-state index in [1.165, 1.54) is 12.1 Å². The number of hydrogen-bond acceptors (Lipinski definition) is 4. The quantitative estimate of drug-likeness (QED) is 0.394. The number of nitrogens with zero attached hydrogens (tertiary/aromatic N) is 1. The van der Waals surface area contributed by atoms with Gasteiger partial charge < -0.3 is 15.7 Å². The molecule has 0 atom stereocenters. The SMILES string of the molecule is O=C(O)CCCNC(=O)NCc1cccc([N+](=O)[O-])c1. The van der Waals surface area contributed by atoms with Gasteiger partial charge in [-0.1, -0.05) is 12.1 Å². The number of urea groups is 1. The highest BCUT2D eigenvalue weighted by Crippen LogP contribution is 2.12. The third-order valence-electron chi connectivity index (χ3n) is 2.43. The molecule has 0 saturated carbocycles. The van der Waals surface area contributed by atoms with E-state index in [-0.39, 0.29) is 25.2 Å². The largest absolute Gasteiger partial charge is 0.481 e. The van der Waals surface area contributed by atoms with Crippen LogP contribution in [0, 0.1) is 10.1 Å². The Balaban J connectivity index is 2.32. The molecule has 0 aliphatic heterocycles. The number of nitro groups is 1. The van der Waals surface area contributed by atoms with Crippen molar-refractivity contribution in [1.82, 2.24) is 10.6 Å². The predicted octanol–water partition coefficient (Wildman–Crippen LogP) is 1.26. The minimum Gasteiger partial charge on any atom is -0.481 e. The average Bonchev–Trinajstić information content (AvgIpc) is 2.41. The number of benzene rings is 1. The van der Waals surface area contributed by atoms with E-state index < -0.39 is 16.9 Å². The summed E-state index contributed by atoms with van der Waals surface area (Å²) in [6.07, 6.45) is 0.338. The van der Waals surface area contributed by atoms with Crippen molar-refractivity contribution in [3.8, 4) is 0 Å². The van der Waals surface area contributed by atoms with Crippen LogP contribution >= 0.6 is 0 Å². The predicted molar refractivity (Wildman–Crippen MR) is 70.2 cm³/mol. The summed E-state index contributed by atoms with van der Waals surface area (Å²) in [6.45, 7) is 0.416. The fourth-order valence-corrected chi connectivity index (χ4v) is 1.47. The Hall–Kier alpha value is -2.64. The summed E-state index contributed by atoms with van der Waals surface area (Å²) in [5, 5.41) is 24.0. The Kier molecular flexibility index (Phi) is 5.95. The third kappa shape index (κ3) is 5.80. The highest BCUT2D eigenvalue weighted by molar-refractivity contribution is 5.74. The molecule has 0 unspecified atom stereocenters. The van der Waals surface area contributed by atoms with Crippen LogP contribution in [0.1, 0.15) is 18.4 Å². The van der Waals surface area contributed by atoms with Gasteiger partial charge in [-0.3, -0.25) is 14.9 Å². The summed E-state index contributed by atoms with van der Waals surface area (Å²) >= 11 is 0. The zero-order valence-electron chi connectivity index (χ0n) is 10.7. The monoisotopic (exact) mass is 281 g/mol. The summed E-state index contributed by atoms with van der Waals surface area (Å²) < 4.78 is 0. The van der Waals surface area contributed by atoms with Gasteiger partial charge in [0.15, 0.2) is 0 Å². The van der Waals surface area contributed by atoms with Crippen LogP contribution in [0.3, 0.4) is 0 Å². The first kappa shape index (κ1) is 15.4. The second kappa shape index (κ2) is 7.72. The highest BCUT2D eigenvalue weighted by Gasteiger charge is 2.06. The zero-order valence-corrected chi connectivity index (χ0v) is 10.7. The number of amides is 2. The Morgan fingerprint density at radius 2 is 2.05 bits per heavy atom. The molecule has 0 bridgehead atoms. The van der Waals surface area contributed by atoms with Crippen molar-refractivity contribution < 1.29 is 19.6 Å². The molecule has 0 heterocycles. The first-order valence-electron chi connectivity index (χ1n) is 5.96. The van der Waals surface area contributed by atoms with E-state index in [1.54, 1.807) is 12.1 Å². The van der Waals surface area contributed by atoms with E-state index in [1.807, 2.05) is 0 Å². The Bertz CT molecular complexity index is 504. The lowest BCUT2D eigenvalue weighted by Crippen LogP contribution is -2.35. The van der Waals surface area contributed by atoms with E-state index in [4.69, 9.17) is 5.11 Å². The Labute approximate surface area is 114 Å². The number of carbonyl (C=O) groups excluding carboxylic acids is 1. The van der Waals surface area contributed by atoms with Crippen molar-refractivity contribution in [2.75, 3.05) is 6.54 Å². The van der Waals surface area contributed by atoms with Gasteiger partial charge in [-0.25, -0.2) is 4.79 Å². The highest BCUT2D eigenvalue weighted by atomic mass is 16.6. The maximum Gasteiger partial charge on any atom is 0.315 e. The van der Waals surface area contributed by atoms with Crippen LogP contribution in [0.15, 0.2) is 24.3 Å². The molecule has 0 fully saturated rings. The van der Waals surface area contributed by atoms with Crippen molar-refractivity contribution >= 4 is 17.7 Å². The maximum atomic E-state index is 11.4. The molecular weight excluding hydrogens is 266 g/mol. The molecule has 0 aliphatic carbocycles. The summed E-state index contributed by atoms with van der Waals surface area (Å²) in [4.78, 5) is 31.7. The van der Waals surface area contributed by atoms with E-state index >= 15 is 0 Å². The molecule has 3 N–H and O–H groups in total. The molecule has 1 aromatic carbocycles. The van der Waals surface area contributed by atoms with Gasteiger partial charge in [0.25, 0.3) is 5.69 Å². The normalized spacial score (nSPS) is 9.80. The van der Waals surface area contributed by atoms with Crippen molar-refractivity contribution in [1.29, 1.82) is 0 Å². The van der Waals surface area contributed by atoms with Crippen LogP contribution in [-0.2, 0) is 11.3 Å². The zero-order chi connectivity index (χ0) is 15.0. The summed E-state index contributed by atoms with van der Waals surface area (Å²) in [5.74, 6) is -0.913. The van der Waals surface area contributed by atoms with Crippen LogP contribution in [-0.4, -0.2) is 28.6 Å². The molecule has 0 spiro atoms. The maximum absolute atomic E-state index is 11.4. The summed E-state index contributed by atoms with van der Waals surface area (Å²) in [6, 6.07) is 5.51. The Morgan fingerprint density at radius 3 is 2.70 bits per heavy atom. The number of non-ortho nitro benzene ring substituents is 1. The molecule has 8 nitrogen and oxygen atoms in total. The minimum absolute atomic E-state index is 0.00877. The van der Waals surface area contributed by atoms with Crippen LogP contribution in [0.4, 0.5) is 10.5 Å². The molecule has 1 rings (SSSR count). The van der Waals surface area contributed by atoms with E-state index in [9.17, 15) is 19.7 Å². The first-order valence-corrected chi connectivity index (χ1v) is 5.96. The molecule has 0 aromatic heterocycles. The number of carbonyl (C=O) groups is 2. The number of nitrogens with one attached hydrogen (secondary N) is 2. The van der Waals surface area contributed by atoms with Crippen LogP contribution < -0.4 is 10.6 Å². The molecule has 2 amide bonds. The number of carboxylic acid groups (broad SMARTS) is 1. The molecule has 0 saturated heterocycles. The number of carboxylic acids is 1. The van der Waals surface area contributed by atoms with Crippen molar-refractivity contribution in [2.24, 2.45) is 0 Å². The number of nitro benzene ring substituents is 1. The standard InChI is InChI=1S/C12H15N3O5/c16-11(17)5-2-6-13-12(18)14-8-9-3-1-4-10(7-9)15(19)20/h1,3-4,7H,2,5-6,8H2,(H,16,17)(H2,13,14,18). The molecule has 8 heteroatoms. The lowest BCUT2D eigenvalue weighted by Gasteiger charge is -2.07. The van der Waals surface area contributed by atoms with Crippen LogP contribution in [0.5, 0.6) is 0 Å². The smallest absolute Gasteiger partial charge is 0.315 e. The summed E-state index contributed by atoms with van der Waals surface area (Å²) in [5.41, 5.74) is 0.575. The lowest BCUT2D eigenvalue weighted by molar-refractivity contribution is -0.384. The lowest BCUT2D eigenvalue weighted by atomic mass is 10.2. The molecule has 0 radical (unpaired) electrons. The topological polar surface area (TPSA) is 122 Å². The number of hydrogen-bond donors (Lipinski definition) is 3. The second-order valence-electron chi connectivity index (χ2n) is 4.03. The van der Waals surface area contributed by atoms with Gasteiger partial charge in [-0.05, 0) is 12.0 Å². The van der Waals surface area contributed by atoms with Gasteiger partial charge >= 0.3 is 12.0 Å². The van der Waals surface area contributed by atoms with E-state index in [0.717, 1.165) is 0 Å². The van der Waals surface area contributed by atoms with Crippen LogP contribution in [0.2, 0.25) is 0 Å². The van der Waals surface area contributed by atoms with E-state index in [0.29, 0.717) is 12.0 Å². The molecule has 1 aromatic rings. The van der Waals surface area contributed by atoms with Gasteiger partial charge in [0.2, 0.25) is 0 Å². The van der Waals surface area contributed by atoms with Gasteiger partial charge in [0, 0.05) is 31.6 Å². The Morgan fingerprint density at radius 1 is 1.30 bits per heavy atom. The van der Waals surface area contributed by atoms with Crippen molar-refractivity contribution in [3.63, 3.8) is 0 Å². The number of aliphatic carboxylic acids is 1. The molecular formula is C12H15N3O5. The summed E-state index contributed by atoms with van der Waals surface area (Å²) in [7, 11) is 0. The average molecular weight is 281 g/mol. The van der Waals surface area contributed by atoms with E-state index in [2.05, 4.69) is 10.6 Å². The molecule has 20 heavy (non-hydrogen) atoms. The van der Waals surface area contributed by atoms with Gasteiger partial charge in [-0.15, -0.1) is 0 Å². The van der Waals surface area contributed by atoms with Gasteiger partial charge in [0.1, 0.15) is 0 Å². The fourth-order valence-electron chi connectivity index (χ4n) is 1.47. The first-order chi connectivity index (χ1) is 9.49. The van der Waals surface area contributed by atoms with Gasteiger partial charge in [-0.2, -0.15) is 0 Å². The minimum atomic E-state index is -0.913. The van der Waals surface area contributed by atoms with Crippen molar-refractivity contribution in [2.45, 2.75) is 19.4 Å². The second-order valence-corrected chi connectivity index (χ2v) is 4.03. The third-order valence-corrected chi connectivity index (χ3v) is 2.43. The number of rotatable bonds is 7. The molecule has 0 aliphatic rings. The fraction of sp³-hybridized carbons (Fsp3) is 0.333. The molecule has 108 valence electrons. The van der Waals surface area contributed by atoms with Gasteiger partial charge in [0.05, 0.1) is 4.92 Å².